The first-order valence-electron chi connectivity index (χ1n) is 44.4. The first kappa shape index (κ1) is 119. The van der Waals surface area contributed by atoms with Crippen molar-refractivity contribution in [1.29, 1.82) is 0 Å². The molecule has 0 radical (unpaired) electrons. The number of ketones is 6. The number of ether oxygens (including phenoxy) is 4. The monoisotopic (exact) mass is 1990 g/mol. The molecule has 134 heavy (non-hydrogen) atoms. The Balaban J connectivity index is 1.83. The number of hydrogen-bond acceptors (Lipinski definition) is 33. The van der Waals surface area contributed by atoms with Crippen LogP contribution in [0.1, 0.15) is 188 Å². The summed E-state index contributed by atoms with van der Waals surface area (Å²) in [5.74, 6) is -22.8. The van der Waals surface area contributed by atoms with Crippen molar-refractivity contribution >= 4 is 165 Å². The number of unbranched alkanes of at least 4 members (excludes halogenated alkanes) is 1. The number of Topliss-reactive ketones (excluding diaryl/α,β-unsaturated/α-hetero) is 6. The number of thioether (sulfide) groups is 1. The summed E-state index contributed by atoms with van der Waals surface area (Å²) in [4.78, 5) is 223. The van der Waals surface area contributed by atoms with Gasteiger partial charge in [0.15, 0.2) is 40.7 Å². The number of carbonyl (C=O) groups is 16. The van der Waals surface area contributed by atoms with Gasteiger partial charge in [-0.1, -0.05) is 88.9 Å². The number of aliphatic carboxylic acids is 1. The maximum atomic E-state index is 15.0. The van der Waals surface area contributed by atoms with E-state index in [4.69, 9.17) is 40.7 Å². The van der Waals surface area contributed by atoms with Gasteiger partial charge in [-0.2, -0.15) is 16.8 Å². The summed E-state index contributed by atoms with van der Waals surface area (Å²) in [5, 5.41) is 60.2. The maximum absolute atomic E-state index is 15.0. The summed E-state index contributed by atoms with van der Waals surface area (Å²) >= 11 is 0.921. The van der Waals surface area contributed by atoms with Crippen LogP contribution in [0.2, 0.25) is 0 Å². The summed E-state index contributed by atoms with van der Waals surface area (Å²) in [5.41, 5.74) is 17.1. The van der Waals surface area contributed by atoms with Gasteiger partial charge in [0.25, 0.3) is 20.2 Å². The number of fused-ring (bicyclic) bond motifs is 5. The second-order valence-electron chi connectivity index (χ2n) is 34.2. The first-order valence-corrected chi connectivity index (χ1v) is 51.3. The van der Waals surface area contributed by atoms with Crippen LogP contribution < -0.4 is 65.1 Å². The van der Waals surface area contributed by atoms with Crippen molar-refractivity contribution in [2.75, 3.05) is 120 Å². The minimum absolute atomic E-state index is 0.00549. The van der Waals surface area contributed by atoms with E-state index in [2.05, 4.69) is 57.8 Å². The number of nitrogens with one attached hydrogen (secondary N) is 9. The smallest absolute Gasteiger partial charge is 0.304 e. The zero-order valence-electron chi connectivity index (χ0n) is 77.0. The lowest BCUT2D eigenvalue weighted by Crippen LogP contribution is -2.53. The molecule has 10 atom stereocenters. The van der Waals surface area contributed by atoms with E-state index >= 15 is 0 Å². The molecule has 2 fully saturated rings. The molecular formula is C85H137N15O29S5. The van der Waals surface area contributed by atoms with Crippen molar-refractivity contribution in [1.82, 2.24) is 47.9 Å². The van der Waals surface area contributed by atoms with Crippen LogP contribution in [0, 0.1) is 35.0 Å². The Bertz CT molecular complexity index is 4320. The number of oxime groups is 2. The van der Waals surface area contributed by atoms with Crippen molar-refractivity contribution < 1.29 is 137 Å². The zero-order chi connectivity index (χ0) is 100.0. The molecule has 2 heterocycles. The number of aliphatic imine (C=N–C) groups is 1. The Morgan fingerprint density at radius 3 is 1.76 bits per heavy atom. The molecule has 20 N–H and O–H groups in total. The number of benzene rings is 1. The number of carbonyl (C=O) groups excluding carboxylic acids is 15. The highest BCUT2D eigenvalue weighted by Gasteiger charge is 2.38. The number of amides is 9. The number of guanidine groups is 1. The second-order valence-corrected chi connectivity index (χ2v) is 40.7. The van der Waals surface area contributed by atoms with Gasteiger partial charge >= 0.3 is 5.97 Å². The van der Waals surface area contributed by atoms with Crippen LogP contribution in [0.4, 0.5) is 0 Å². The molecule has 2 aliphatic heterocycles. The lowest BCUT2D eigenvalue weighted by Gasteiger charge is -2.28. The summed E-state index contributed by atoms with van der Waals surface area (Å²) in [6.07, 6.45) is 1.09. The first-order chi connectivity index (χ1) is 63.2. The Kier molecular flexibility index (Phi) is 56.8. The number of rotatable bonds is 58. The fourth-order valence-electron chi connectivity index (χ4n) is 13.9. The van der Waals surface area contributed by atoms with Crippen LogP contribution in [-0.2, 0) is 122 Å². The van der Waals surface area contributed by atoms with E-state index in [1.165, 1.54) is 0 Å². The molecule has 44 nitrogen and oxygen atoms in total. The fourth-order valence-corrected chi connectivity index (χ4v) is 18.6. The Hall–Kier alpha value is -9.18. The van der Waals surface area contributed by atoms with Gasteiger partial charge in [-0.15, -0.1) is 11.8 Å². The molecule has 0 spiro atoms. The molecule has 1 unspecified atom stereocenters. The van der Waals surface area contributed by atoms with Gasteiger partial charge in [0.05, 0.1) is 97.8 Å². The summed E-state index contributed by atoms with van der Waals surface area (Å²) < 4.78 is 86.2. The quantitative estimate of drug-likeness (QED) is 0.00823. The predicted molar refractivity (Wildman–Crippen MR) is 499 cm³/mol. The topological polar surface area (TPSA) is 703 Å². The number of primary amides is 1. The van der Waals surface area contributed by atoms with Gasteiger partial charge < -0.3 is 99.5 Å². The highest BCUT2D eigenvalue weighted by Crippen LogP contribution is 2.30. The average molecular weight is 1990 g/mol. The number of carboxylic acids is 1. The third-order valence-corrected chi connectivity index (χ3v) is 27.2. The minimum atomic E-state index is -4.92. The molecule has 49 heteroatoms. The van der Waals surface area contributed by atoms with E-state index in [0.717, 1.165) is 59.0 Å². The van der Waals surface area contributed by atoms with E-state index in [1.54, 1.807) is 44.2 Å². The van der Waals surface area contributed by atoms with E-state index in [0.29, 0.717) is 36.5 Å². The number of nitrogens with zero attached hydrogens (tertiary/aromatic N) is 3. The zero-order valence-corrected chi connectivity index (χ0v) is 81.1. The lowest BCUT2D eigenvalue weighted by atomic mass is 9.81. The van der Waals surface area contributed by atoms with E-state index < -0.39 is 231 Å². The van der Waals surface area contributed by atoms with Crippen molar-refractivity contribution in [2.24, 2.45) is 67.5 Å². The normalized spacial score (nSPS) is 19.7. The van der Waals surface area contributed by atoms with Gasteiger partial charge in [-0.25, -0.2) is 0 Å². The third kappa shape index (κ3) is 52.8. The fraction of sp³-hybridized carbons (Fsp3) is 0.706. The van der Waals surface area contributed by atoms with Crippen LogP contribution in [0.15, 0.2) is 45.6 Å². The molecule has 2 saturated heterocycles. The van der Waals surface area contributed by atoms with Crippen LogP contribution in [0.25, 0.3) is 0 Å². The molecule has 1 aromatic carbocycles. The second kappa shape index (κ2) is 64.0. The molecule has 1 aromatic rings. The van der Waals surface area contributed by atoms with Crippen LogP contribution in [0.3, 0.4) is 0 Å². The summed E-state index contributed by atoms with van der Waals surface area (Å²) in [6, 6.07) is 0.908. The molecule has 3 rings (SSSR count). The van der Waals surface area contributed by atoms with Gasteiger partial charge in [-0.3, -0.25) is 90.8 Å². The van der Waals surface area contributed by atoms with Crippen molar-refractivity contribution in [3.8, 4) is 0 Å². The number of hydrogen-bond donors (Lipinski definition) is 17. The molecule has 2 bridgehead atoms. The largest absolute Gasteiger partial charge is 0.481 e. The summed E-state index contributed by atoms with van der Waals surface area (Å²) in [7, 11) is -7.84. The van der Waals surface area contributed by atoms with Crippen LogP contribution in [-0.4, -0.2) is 309 Å². The molecule has 0 aromatic heterocycles. The molecule has 0 saturated carbocycles. The minimum Gasteiger partial charge on any atom is -0.481 e. The molecule has 9 amide bonds. The highest BCUT2D eigenvalue weighted by molar-refractivity contribution is 8.76. The highest BCUT2D eigenvalue weighted by atomic mass is 33.1. The molecule has 2 aliphatic rings. The van der Waals surface area contributed by atoms with Crippen molar-refractivity contribution in [3.05, 3.63) is 35.9 Å². The standard InChI is InChI=1S/C85H137N15O29S5/c1-54(99-118)84(3,4)28-13-19-56(27-32-93-85(5,6)55(2)100-119)26-31-90-74(108)25-12-24-73(107)89-29-11-10-22-65-82(117)97-68-50-132-131-49-67(96-80(115)60(44-76(110)111)40-63(102)45-92-78(113)58(42-71(68)105)20-14-30-91-83(87)88)72(106)43-59(39-57-17-8-7-9-18-57)79(114)95-66(48-130-51-75(109)94-65)70(104)23-16-34-127-36-38-128-37-35-126-33-15-21-62(101)46-129-47-64(103)41-61(52-133(120,121)122)81(116)98-69(77(86)112)53-134(123,124)125/h7-9,17-18,56,58-61,65-69,93,118-119H,10-16,19-53H2,1-6H3,(H2,86,112)(H,89,107)(H,90,108)(H,92,113)(H,94,109)(H,95,114)(H,96,115)(H,97,117)(H,98,116)(H,110,111)(H4,87,88,91)(H,120,121,122)(H,123,124,125)/b99-54+,100-55+/t56?,58-,59-,60+,61+,65+,66+,67+,68+,69+/m1/s1. The maximum Gasteiger partial charge on any atom is 0.304 e. The number of nitrogens with two attached hydrogens (primary N) is 3. The van der Waals surface area contributed by atoms with Gasteiger partial charge in [0.2, 0.25) is 53.2 Å². The molecular weight excluding hydrogens is 1860 g/mol. The predicted octanol–water partition coefficient (Wildman–Crippen LogP) is 1.00. The summed E-state index contributed by atoms with van der Waals surface area (Å²) in [6.45, 7) is 10.8. The van der Waals surface area contributed by atoms with Gasteiger partial charge in [-0.05, 0) is 123 Å². The molecule has 0 aliphatic carbocycles. The Morgan fingerprint density at radius 2 is 1.16 bits per heavy atom. The van der Waals surface area contributed by atoms with E-state index in [9.17, 15) is 114 Å². The lowest BCUT2D eigenvalue weighted by molar-refractivity contribution is -0.142. The Labute approximate surface area is 793 Å². The molecule has 756 valence electrons. The average Bonchev–Trinajstić information content (AvgIpc) is 0.949. The van der Waals surface area contributed by atoms with Crippen molar-refractivity contribution in [2.45, 2.75) is 225 Å². The van der Waals surface area contributed by atoms with Crippen LogP contribution >= 0.6 is 33.3 Å². The van der Waals surface area contributed by atoms with E-state index in [1.807, 2.05) is 33.0 Å². The van der Waals surface area contributed by atoms with Crippen LogP contribution in [0.5, 0.6) is 0 Å². The van der Waals surface area contributed by atoms with E-state index in [-0.39, 0.29) is 183 Å². The van der Waals surface area contributed by atoms with Crippen molar-refractivity contribution in [3.63, 3.8) is 0 Å². The Morgan fingerprint density at radius 1 is 0.590 bits per heavy atom. The SMILES string of the molecule is C/C(=N\O)C(C)(C)CCCC(CCNC(=O)CCCC(=O)NCCCC[C@@H]1NC(=O)CSC[C@@H](C(=O)CCCOCCOCCOCCCC(=O)COCC(=O)C[C@@H](CS(=O)(=O)O)C(=O)N[C@@H](CS(=O)(=O)O)C(N)=O)NC(=O)[C@H](Cc2ccccc2)CC(=O)[C@@H]2CSSC[C@H](NC1=O)C(=O)C[C@@H](CCCN=C(N)N)C(=O)NCC(=O)C[C@@H](CC(=O)O)C(=O)N2)CCNC(C)(C)/C(C)=N/O. The van der Waals surface area contributed by atoms with Gasteiger partial charge in [0.1, 0.15) is 31.1 Å². The number of carboxylic acid groups (broad SMARTS) is 1. The third-order valence-electron chi connectivity index (χ3n) is 22.2. The van der Waals surface area contributed by atoms with Gasteiger partial charge in [0, 0.05) is 119 Å².